The maximum Gasteiger partial charge on any atom is 0.344 e. The first kappa shape index (κ1) is 24.7. The largest absolute Gasteiger partial charge is 0.493 e. The fraction of sp³-hybridized carbons (Fsp3) is 0.182. The first-order chi connectivity index (χ1) is 15.8. The molecule has 2 amide bonds. The van der Waals surface area contributed by atoms with E-state index in [1.807, 2.05) is 0 Å². The van der Waals surface area contributed by atoms with E-state index in [0.29, 0.717) is 32.0 Å². The molecule has 0 saturated carbocycles. The van der Waals surface area contributed by atoms with Crippen molar-refractivity contribution in [3.05, 3.63) is 63.0 Å². The molecule has 8 nitrogen and oxygen atoms in total. The Hall–Kier alpha value is -2.89. The van der Waals surface area contributed by atoms with Crippen molar-refractivity contribution < 1.29 is 28.6 Å². The zero-order valence-corrected chi connectivity index (χ0v) is 20.8. The molecule has 1 heterocycles. The predicted molar refractivity (Wildman–Crippen MR) is 132 cm³/mol. The van der Waals surface area contributed by atoms with Crippen molar-refractivity contribution >= 4 is 68.1 Å². The molecular formula is C22H19BrN2O6S2. The number of thioether (sulfide) groups is 1. The summed E-state index contributed by atoms with van der Waals surface area (Å²) in [4.78, 5) is 37.2. The van der Waals surface area contributed by atoms with Crippen LogP contribution >= 0.6 is 39.9 Å². The Kier molecular flexibility index (Phi) is 8.48. The second kappa shape index (κ2) is 11.3. The Morgan fingerprint density at radius 3 is 2.64 bits per heavy atom. The monoisotopic (exact) mass is 550 g/mol. The third-order valence-electron chi connectivity index (χ3n) is 4.23. The number of amides is 2. The highest BCUT2D eigenvalue weighted by Gasteiger charge is 2.34. The molecule has 172 valence electrons. The van der Waals surface area contributed by atoms with Crippen LogP contribution in [0.15, 0.2) is 51.8 Å². The van der Waals surface area contributed by atoms with Crippen molar-refractivity contribution in [3.63, 3.8) is 0 Å². The molecule has 1 N–H and O–H groups in total. The Morgan fingerprint density at radius 1 is 1.24 bits per heavy atom. The van der Waals surface area contributed by atoms with Crippen molar-refractivity contribution in [2.45, 2.75) is 6.92 Å². The first-order valence-corrected chi connectivity index (χ1v) is 11.7. The van der Waals surface area contributed by atoms with Gasteiger partial charge in [-0.1, -0.05) is 30.0 Å². The smallest absolute Gasteiger partial charge is 0.344 e. The van der Waals surface area contributed by atoms with Crippen LogP contribution in [0, 0.1) is 0 Å². The SMILES string of the molecule is CCOC(=O)COc1c(Br)cc(/C=C2\SC(=S)N(NC(=O)c3ccccc3)C2=O)cc1OC. The third-order valence-corrected chi connectivity index (χ3v) is 6.12. The van der Waals surface area contributed by atoms with Crippen LogP contribution in [0.5, 0.6) is 11.5 Å². The number of thiocarbonyl (C=S) groups is 1. The molecule has 1 aliphatic heterocycles. The number of hydrazine groups is 1. The van der Waals surface area contributed by atoms with Gasteiger partial charge in [-0.25, -0.2) is 4.79 Å². The van der Waals surface area contributed by atoms with Gasteiger partial charge in [-0.3, -0.25) is 15.0 Å². The van der Waals surface area contributed by atoms with Crippen molar-refractivity contribution in [1.82, 2.24) is 10.4 Å². The molecule has 0 bridgehead atoms. The van der Waals surface area contributed by atoms with Gasteiger partial charge in [0, 0.05) is 5.56 Å². The Bertz CT molecular complexity index is 1120. The number of carbonyl (C=O) groups is 3. The van der Waals surface area contributed by atoms with Crippen molar-refractivity contribution in [3.8, 4) is 11.5 Å². The lowest BCUT2D eigenvalue weighted by molar-refractivity contribution is -0.145. The number of nitrogens with one attached hydrogen (secondary N) is 1. The van der Waals surface area contributed by atoms with Crippen LogP contribution in [0.4, 0.5) is 0 Å². The number of carbonyl (C=O) groups excluding carboxylic acids is 3. The van der Waals surface area contributed by atoms with Gasteiger partial charge in [0.25, 0.3) is 11.8 Å². The van der Waals surface area contributed by atoms with E-state index in [9.17, 15) is 14.4 Å². The minimum absolute atomic E-state index is 0.205. The Morgan fingerprint density at radius 2 is 1.97 bits per heavy atom. The molecule has 1 aliphatic rings. The fourth-order valence-electron chi connectivity index (χ4n) is 2.77. The standard InChI is InChI=1S/C22H19BrN2O6S2/c1-3-30-18(26)12-31-19-15(23)9-13(10-16(19)29-2)11-17-21(28)25(22(32)33-17)24-20(27)14-7-5-4-6-8-14/h4-11H,3,12H2,1-2H3,(H,24,27)/b17-11-. The lowest BCUT2D eigenvalue weighted by Crippen LogP contribution is -2.44. The van der Waals surface area contributed by atoms with Gasteiger partial charge in [0.1, 0.15) is 0 Å². The van der Waals surface area contributed by atoms with Gasteiger partial charge in [-0.15, -0.1) is 0 Å². The second-order valence-corrected chi connectivity index (χ2v) is 8.98. The Labute approximate surface area is 208 Å². The van der Waals surface area contributed by atoms with E-state index in [0.717, 1.165) is 16.8 Å². The molecule has 2 aromatic carbocycles. The molecule has 0 radical (unpaired) electrons. The second-order valence-electron chi connectivity index (χ2n) is 6.45. The van der Waals surface area contributed by atoms with Crippen LogP contribution < -0.4 is 14.9 Å². The summed E-state index contributed by atoms with van der Waals surface area (Å²) in [6.45, 7) is 1.68. The molecule has 0 unspecified atom stereocenters. The van der Waals surface area contributed by atoms with Gasteiger partial charge in [0.2, 0.25) is 0 Å². The number of ether oxygens (including phenoxy) is 3. The zero-order chi connectivity index (χ0) is 24.0. The number of hydrogen-bond acceptors (Lipinski definition) is 8. The highest BCUT2D eigenvalue weighted by Crippen LogP contribution is 2.39. The summed E-state index contributed by atoms with van der Waals surface area (Å²) in [6, 6.07) is 11.9. The first-order valence-electron chi connectivity index (χ1n) is 9.64. The van der Waals surface area contributed by atoms with E-state index >= 15 is 0 Å². The van der Waals surface area contributed by atoms with Crippen LogP contribution in [-0.4, -0.2) is 47.4 Å². The van der Waals surface area contributed by atoms with Gasteiger partial charge in [-0.2, -0.15) is 5.01 Å². The number of methoxy groups -OCH3 is 1. The van der Waals surface area contributed by atoms with Gasteiger partial charge in [0.15, 0.2) is 22.4 Å². The summed E-state index contributed by atoms with van der Waals surface area (Å²) in [5.41, 5.74) is 3.56. The number of benzene rings is 2. The number of halogens is 1. The Balaban J connectivity index is 1.77. The van der Waals surface area contributed by atoms with E-state index in [1.54, 1.807) is 55.5 Å². The highest BCUT2D eigenvalue weighted by atomic mass is 79.9. The van der Waals surface area contributed by atoms with Crippen molar-refractivity contribution in [1.29, 1.82) is 0 Å². The van der Waals surface area contributed by atoms with Crippen molar-refractivity contribution in [2.24, 2.45) is 0 Å². The average Bonchev–Trinajstić information content (AvgIpc) is 3.06. The maximum absolute atomic E-state index is 12.8. The molecule has 0 aromatic heterocycles. The summed E-state index contributed by atoms with van der Waals surface area (Å²) in [5.74, 6) is -0.720. The van der Waals surface area contributed by atoms with Crippen LogP contribution in [0.2, 0.25) is 0 Å². The molecule has 0 atom stereocenters. The third kappa shape index (κ3) is 6.12. The number of hydrogen-bond donors (Lipinski definition) is 1. The van der Waals surface area contributed by atoms with Crippen LogP contribution in [0.3, 0.4) is 0 Å². The minimum atomic E-state index is -0.503. The van der Waals surface area contributed by atoms with E-state index in [1.165, 1.54) is 7.11 Å². The molecule has 11 heteroatoms. The van der Waals surface area contributed by atoms with E-state index < -0.39 is 17.8 Å². The fourth-order valence-corrected chi connectivity index (χ4v) is 4.52. The summed E-state index contributed by atoms with van der Waals surface area (Å²) in [7, 11) is 1.46. The number of rotatable bonds is 8. The maximum atomic E-state index is 12.8. The van der Waals surface area contributed by atoms with Gasteiger partial charge < -0.3 is 14.2 Å². The van der Waals surface area contributed by atoms with Crippen molar-refractivity contribution in [2.75, 3.05) is 20.3 Å². The summed E-state index contributed by atoms with van der Waals surface area (Å²) >= 11 is 9.74. The van der Waals surface area contributed by atoms with Crippen LogP contribution in [-0.2, 0) is 14.3 Å². The van der Waals surface area contributed by atoms with Crippen LogP contribution in [0.1, 0.15) is 22.8 Å². The lowest BCUT2D eigenvalue weighted by Gasteiger charge is -2.15. The summed E-state index contributed by atoms with van der Waals surface area (Å²) < 4.78 is 16.5. The lowest BCUT2D eigenvalue weighted by atomic mass is 10.2. The average molecular weight is 551 g/mol. The highest BCUT2D eigenvalue weighted by molar-refractivity contribution is 9.10. The van der Waals surface area contributed by atoms with E-state index in [4.69, 9.17) is 26.4 Å². The normalized spacial score (nSPS) is 14.4. The molecule has 1 saturated heterocycles. The topological polar surface area (TPSA) is 94.2 Å². The summed E-state index contributed by atoms with van der Waals surface area (Å²) in [6.07, 6.45) is 1.62. The summed E-state index contributed by atoms with van der Waals surface area (Å²) in [5, 5.41) is 1.05. The predicted octanol–water partition coefficient (Wildman–Crippen LogP) is 3.95. The van der Waals surface area contributed by atoms with Crippen LogP contribution in [0.25, 0.3) is 6.08 Å². The van der Waals surface area contributed by atoms with Gasteiger partial charge >= 0.3 is 5.97 Å². The molecule has 1 fully saturated rings. The van der Waals surface area contributed by atoms with Gasteiger partial charge in [-0.05, 0) is 71.0 Å². The molecular weight excluding hydrogens is 532 g/mol. The quantitative estimate of drug-likeness (QED) is 0.300. The molecule has 33 heavy (non-hydrogen) atoms. The molecule has 0 spiro atoms. The molecule has 3 rings (SSSR count). The molecule has 0 aliphatic carbocycles. The van der Waals surface area contributed by atoms with E-state index in [2.05, 4.69) is 21.4 Å². The molecule has 2 aromatic rings. The van der Waals surface area contributed by atoms with E-state index in [-0.39, 0.29) is 17.5 Å². The van der Waals surface area contributed by atoms with Gasteiger partial charge in [0.05, 0.1) is 23.1 Å². The number of esters is 1. The minimum Gasteiger partial charge on any atom is -0.493 e. The zero-order valence-electron chi connectivity index (χ0n) is 17.6. The number of nitrogens with zero attached hydrogens (tertiary/aromatic N) is 1.